The Morgan fingerprint density at radius 1 is 1.12 bits per heavy atom. The van der Waals surface area contributed by atoms with Gasteiger partial charge < -0.3 is 20.1 Å². The van der Waals surface area contributed by atoms with Crippen molar-refractivity contribution in [3.05, 3.63) is 81.0 Å². The summed E-state index contributed by atoms with van der Waals surface area (Å²) in [5.74, 6) is 0.471. The Balaban J connectivity index is 1.71. The average Bonchev–Trinajstić information content (AvgIpc) is 2.83. The highest BCUT2D eigenvalue weighted by atomic mass is 16.6. The third kappa shape index (κ3) is 4.62. The van der Waals surface area contributed by atoms with Crippen molar-refractivity contribution in [1.29, 1.82) is 0 Å². The van der Waals surface area contributed by atoms with Crippen LogP contribution in [0.25, 0.3) is 0 Å². The van der Waals surface area contributed by atoms with Gasteiger partial charge in [0.2, 0.25) is 6.10 Å². The molecule has 4 rings (SSSR count). The number of carbonyl (C=O) groups is 1. The molecule has 0 radical (unpaired) electrons. The molecule has 1 aromatic heterocycles. The van der Waals surface area contributed by atoms with Crippen molar-refractivity contribution in [1.82, 2.24) is 9.55 Å². The summed E-state index contributed by atoms with van der Waals surface area (Å²) in [6.45, 7) is 2.37. The number of anilines is 2. The molecule has 0 fully saturated rings. The molecule has 1 amide bonds. The maximum atomic E-state index is 13.5. The Morgan fingerprint density at radius 2 is 1.82 bits per heavy atom. The Kier molecular flexibility index (Phi) is 6.48. The quantitative estimate of drug-likeness (QED) is 0.569. The SMILES string of the molecule is CCCCN(C(=O)C1COc2ccccc2O1)c1c(N)n(Cc2ccccc2)c(=O)[nH]c1=O. The first-order valence-corrected chi connectivity index (χ1v) is 10.9. The van der Waals surface area contributed by atoms with Crippen molar-refractivity contribution in [3.8, 4) is 11.5 Å². The normalized spacial score (nSPS) is 14.6. The van der Waals surface area contributed by atoms with Crippen molar-refractivity contribution < 1.29 is 14.3 Å². The minimum Gasteiger partial charge on any atom is -0.485 e. The third-order valence-corrected chi connectivity index (χ3v) is 5.45. The number of nitrogens with zero attached hydrogens (tertiary/aromatic N) is 2. The van der Waals surface area contributed by atoms with Crippen LogP contribution in [0.15, 0.2) is 64.2 Å². The summed E-state index contributed by atoms with van der Waals surface area (Å²) >= 11 is 0. The second-order valence-corrected chi connectivity index (χ2v) is 7.77. The zero-order valence-electron chi connectivity index (χ0n) is 18.3. The fourth-order valence-corrected chi connectivity index (χ4v) is 3.72. The molecule has 0 bridgehead atoms. The lowest BCUT2D eigenvalue weighted by molar-refractivity contribution is -0.127. The summed E-state index contributed by atoms with van der Waals surface area (Å²) in [5.41, 5.74) is 5.73. The predicted molar refractivity (Wildman–Crippen MR) is 125 cm³/mol. The lowest BCUT2D eigenvalue weighted by atomic mass is 10.2. The number of para-hydroxylation sites is 2. The van der Waals surface area contributed by atoms with E-state index in [4.69, 9.17) is 15.2 Å². The number of unbranched alkanes of at least 4 members (excludes halogenated alkanes) is 1. The highest BCUT2D eigenvalue weighted by Gasteiger charge is 2.34. The molecule has 1 aliphatic heterocycles. The maximum absolute atomic E-state index is 13.5. The molecule has 2 heterocycles. The molecule has 1 unspecified atom stereocenters. The first kappa shape index (κ1) is 22.2. The van der Waals surface area contributed by atoms with Crippen molar-refractivity contribution in [2.45, 2.75) is 32.4 Å². The number of benzene rings is 2. The minimum atomic E-state index is -0.954. The Hall–Kier alpha value is -4.01. The molecule has 0 aliphatic carbocycles. The van der Waals surface area contributed by atoms with Gasteiger partial charge in [-0.2, -0.15) is 0 Å². The number of hydrogen-bond donors (Lipinski definition) is 2. The first-order valence-electron chi connectivity index (χ1n) is 10.9. The molecule has 3 N–H and O–H groups in total. The van der Waals surface area contributed by atoms with E-state index >= 15 is 0 Å². The van der Waals surface area contributed by atoms with Crippen LogP contribution in [-0.2, 0) is 11.3 Å². The number of amides is 1. The second-order valence-electron chi connectivity index (χ2n) is 7.77. The minimum absolute atomic E-state index is 0.0000638. The summed E-state index contributed by atoms with van der Waals surface area (Å²) in [4.78, 5) is 42.5. The van der Waals surface area contributed by atoms with E-state index in [1.54, 1.807) is 18.2 Å². The van der Waals surface area contributed by atoms with Crippen molar-refractivity contribution in [2.75, 3.05) is 23.8 Å². The fourth-order valence-electron chi connectivity index (χ4n) is 3.72. The molecule has 172 valence electrons. The van der Waals surface area contributed by atoms with E-state index < -0.39 is 23.3 Å². The predicted octanol–water partition coefficient (Wildman–Crippen LogP) is 2.14. The van der Waals surface area contributed by atoms with E-state index in [1.165, 1.54) is 9.47 Å². The van der Waals surface area contributed by atoms with Gasteiger partial charge in [0, 0.05) is 6.54 Å². The molecular weight excluding hydrogens is 424 g/mol. The van der Waals surface area contributed by atoms with Crippen LogP contribution in [0.5, 0.6) is 11.5 Å². The smallest absolute Gasteiger partial charge is 0.330 e. The maximum Gasteiger partial charge on any atom is 0.330 e. The molecule has 3 aromatic rings. The van der Waals surface area contributed by atoms with Crippen LogP contribution in [0.2, 0.25) is 0 Å². The largest absolute Gasteiger partial charge is 0.485 e. The monoisotopic (exact) mass is 450 g/mol. The summed E-state index contributed by atoms with van der Waals surface area (Å²) in [6, 6.07) is 16.3. The van der Waals surface area contributed by atoms with Crippen LogP contribution in [0.3, 0.4) is 0 Å². The molecule has 33 heavy (non-hydrogen) atoms. The van der Waals surface area contributed by atoms with Crippen molar-refractivity contribution in [2.24, 2.45) is 0 Å². The molecule has 2 aromatic carbocycles. The van der Waals surface area contributed by atoms with Crippen LogP contribution in [-0.4, -0.2) is 34.7 Å². The second kappa shape index (κ2) is 9.64. The third-order valence-electron chi connectivity index (χ3n) is 5.45. The zero-order valence-corrected chi connectivity index (χ0v) is 18.3. The van der Waals surface area contributed by atoms with E-state index in [0.29, 0.717) is 17.9 Å². The molecule has 9 heteroatoms. The number of nitrogens with one attached hydrogen (secondary N) is 1. The number of carbonyl (C=O) groups excluding carboxylic acids is 1. The van der Waals surface area contributed by atoms with Gasteiger partial charge in [0.25, 0.3) is 11.5 Å². The topological polar surface area (TPSA) is 120 Å². The van der Waals surface area contributed by atoms with Gasteiger partial charge in [-0.1, -0.05) is 55.8 Å². The highest BCUT2D eigenvalue weighted by molar-refractivity contribution is 5.99. The van der Waals surface area contributed by atoms with Gasteiger partial charge in [0.15, 0.2) is 17.2 Å². The molecule has 0 saturated heterocycles. The summed E-state index contributed by atoms with van der Waals surface area (Å²) in [7, 11) is 0. The standard InChI is InChI=1S/C24H26N4O5/c1-2-3-13-27(23(30)19-15-32-17-11-7-8-12-18(17)33-19)20-21(25)28(24(31)26-22(20)29)14-16-9-5-4-6-10-16/h4-12,19H,2-3,13-15,25H2,1H3,(H,26,29,31). The molecule has 0 saturated carbocycles. The van der Waals surface area contributed by atoms with Crippen LogP contribution >= 0.6 is 0 Å². The van der Waals surface area contributed by atoms with Gasteiger partial charge in [-0.15, -0.1) is 0 Å². The Labute approximate surface area is 190 Å². The summed E-state index contributed by atoms with van der Waals surface area (Å²) < 4.78 is 12.8. The zero-order chi connectivity index (χ0) is 23.4. The average molecular weight is 450 g/mol. The summed E-state index contributed by atoms with van der Waals surface area (Å²) in [6.07, 6.45) is 0.466. The van der Waals surface area contributed by atoms with Crippen LogP contribution in [0.1, 0.15) is 25.3 Å². The molecule has 1 aliphatic rings. The molecular formula is C24H26N4O5. The number of aromatic nitrogens is 2. The number of H-pyrrole nitrogens is 1. The molecule has 1 atom stereocenters. The molecule has 0 spiro atoms. The van der Waals surface area contributed by atoms with Gasteiger partial charge in [0.1, 0.15) is 12.4 Å². The van der Waals surface area contributed by atoms with E-state index in [9.17, 15) is 14.4 Å². The van der Waals surface area contributed by atoms with Gasteiger partial charge in [-0.3, -0.25) is 19.1 Å². The lowest BCUT2D eigenvalue weighted by Crippen LogP contribution is -2.49. The number of hydrogen-bond acceptors (Lipinski definition) is 6. The Bertz CT molecular complexity index is 1250. The number of nitrogen functional groups attached to an aromatic ring is 1. The van der Waals surface area contributed by atoms with Crippen LogP contribution < -0.4 is 31.4 Å². The number of nitrogens with two attached hydrogens (primary N) is 1. The number of rotatable bonds is 7. The van der Waals surface area contributed by atoms with Crippen LogP contribution in [0.4, 0.5) is 11.5 Å². The van der Waals surface area contributed by atoms with E-state index in [-0.39, 0.29) is 31.2 Å². The number of ether oxygens (including phenoxy) is 2. The van der Waals surface area contributed by atoms with E-state index in [0.717, 1.165) is 12.0 Å². The van der Waals surface area contributed by atoms with Gasteiger partial charge in [0.05, 0.1) is 6.54 Å². The Morgan fingerprint density at radius 3 is 2.55 bits per heavy atom. The van der Waals surface area contributed by atoms with E-state index in [1.807, 2.05) is 43.3 Å². The number of aromatic amines is 1. The van der Waals surface area contributed by atoms with Gasteiger partial charge >= 0.3 is 5.69 Å². The van der Waals surface area contributed by atoms with Crippen molar-refractivity contribution in [3.63, 3.8) is 0 Å². The van der Waals surface area contributed by atoms with Gasteiger partial charge in [-0.25, -0.2) is 4.79 Å². The van der Waals surface area contributed by atoms with Crippen LogP contribution in [0, 0.1) is 0 Å². The first-order chi connectivity index (χ1) is 16.0. The number of fused-ring (bicyclic) bond motifs is 1. The van der Waals surface area contributed by atoms with Crippen molar-refractivity contribution >= 4 is 17.4 Å². The summed E-state index contributed by atoms with van der Waals surface area (Å²) in [5, 5.41) is 0. The van der Waals surface area contributed by atoms with E-state index in [2.05, 4.69) is 4.98 Å². The lowest BCUT2D eigenvalue weighted by Gasteiger charge is -2.31. The highest BCUT2D eigenvalue weighted by Crippen LogP contribution is 2.32. The fraction of sp³-hybridized carbons (Fsp3) is 0.292. The van der Waals surface area contributed by atoms with Gasteiger partial charge in [-0.05, 0) is 24.1 Å². The molecule has 9 nitrogen and oxygen atoms in total.